The number of anilines is 1. The molecule has 0 bridgehead atoms. The van der Waals surface area contributed by atoms with Crippen molar-refractivity contribution >= 4 is 11.5 Å². The lowest BCUT2D eigenvalue weighted by Crippen LogP contribution is -1.83. The molecule has 0 aliphatic heterocycles. The summed E-state index contributed by atoms with van der Waals surface area (Å²) in [4.78, 5) is 13.4. The van der Waals surface area contributed by atoms with Gasteiger partial charge in [0.2, 0.25) is 0 Å². The Kier molecular flexibility index (Phi) is 1.40. The average Bonchev–Trinajstić information content (AvgIpc) is 1.90. The van der Waals surface area contributed by atoms with Crippen molar-refractivity contribution in [3.63, 3.8) is 0 Å². The van der Waals surface area contributed by atoms with Gasteiger partial charge in [-0.1, -0.05) is 0 Å². The van der Waals surface area contributed by atoms with E-state index in [1.165, 1.54) is 12.3 Å². The third-order valence-corrected chi connectivity index (χ3v) is 0.864. The van der Waals surface area contributed by atoms with Gasteiger partial charge in [0.05, 0.1) is 11.9 Å². The zero-order valence-electron chi connectivity index (χ0n) is 4.61. The largest absolute Gasteiger partial charge is 0.397 e. The first-order valence-corrected chi connectivity index (χ1v) is 2.38. The first-order chi connectivity index (χ1) is 4.33. The van der Waals surface area contributed by atoms with E-state index < -0.39 is 0 Å². The Morgan fingerprint density at radius 1 is 1.56 bits per heavy atom. The van der Waals surface area contributed by atoms with Crippen LogP contribution < -0.4 is 5.73 Å². The number of nitrogens with zero attached hydrogens (tertiary/aromatic N) is 2. The SMILES string of the molecule is Nc1ccc(N=O)nc1. The van der Waals surface area contributed by atoms with Crippen LogP contribution >= 0.6 is 0 Å². The van der Waals surface area contributed by atoms with Gasteiger partial charge < -0.3 is 5.73 Å². The van der Waals surface area contributed by atoms with E-state index in [1.54, 1.807) is 6.07 Å². The zero-order chi connectivity index (χ0) is 6.69. The number of rotatable bonds is 1. The Morgan fingerprint density at radius 2 is 2.33 bits per heavy atom. The summed E-state index contributed by atoms with van der Waals surface area (Å²) in [5, 5.41) is 2.60. The van der Waals surface area contributed by atoms with Crippen LogP contribution in [-0.4, -0.2) is 4.98 Å². The first-order valence-electron chi connectivity index (χ1n) is 2.38. The minimum absolute atomic E-state index is 0.157. The van der Waals surface area contributed by atoms with E-state index in [0.29, 0.717) is 5.69 Å². The molecule has 0 fully saturated rings. The standard InChI is InChI=1S/C5H5N3O/c6-4-1-2-5(8-9)7-3-4/h1-3H,6H2. The minimum atomic E-state index is 0.157. The van der Waals surface area contributed by atoms with Crippen LogP contribution in [0.4, 0.5) is 11.5 Å². The van der Waals surface area contributed by atoms with Crippen molar-refractivity contribution < 1.29 is 0 Å². The molecule has 0 aliphatic carbocycles. The van der Waals surface area contributed by atoms with Crippen LogP contribution in [0.3, 0.4) is 0 Å². The summed E-state index contributed by atoms with van der Waals surface area (Å²) in [7, 11) is 0. The fraction of sp³-hybridized carbons (Fsp3) is 0. The average molecular weight is 123 g/mol. The number of nitrogens with two attached hydrogens (primary N) is 1. The maximum atomic E-state index is 9.76. The van der Waals surface area contributed by atoms with Gasteiger partial charge in [-0.2, -0.15) is 0 Å². The second kappa shape index (κ2) is 2.21. The summed E-state index contributed by atoms with van der Waals surface area (Å²) in [6.45, 7) is 0. The molecule has 1 heterocycles. The first kappa shape index (κ1) is 5.68. The van der Waals surface area contributed by atoms with Crippen LogP contribution in [0.5, 0.6) is 0 Å². The van der Waals surface area contributed by atoms with Crippen molar-refractivity contribution in [3.8, 4) is 0 Å². The molecule has 4 nitrogen and oxygen atoms in total. The Morgan fingerprint density at radius 3 is 2.78 bits per heavy atom. The van der Waals surface area contributed by atoms with Gasteiger partial charge in [-0.15, -0.1) is 4.91 Å². The highest BCUT2D eigenvalue weighted by atomic mass is 16.3. The molecule has 1 aromatic heterocycles. The van der Waals surface area contributed by atoms with Crippen molar-refractivity contribution in [1.29, 1.82) is 0 Å². The van der Waals surface area contributed by atoms with Gasteiger partial charge in [-0.05, 0) is 17.3 Å². The predicted molar refractivity (Wildman–Crippen MR) is 34.1 cm³/mol. The summed E-state index contributed by atoms with van der Waals surface area (Å²) in [5.74, 6) is 0.157. The highest BCUT2D eigenvalue weighted by molar-refractivity contribution is 5.40. The van der Waals surface area contributed by atoms with Gasteiger partial charge in [0.25, 0.3) is 0 Å². The van der Waals surface area contributed by atoms with Gasteiger partial charge in [0, 0.05) is 0 Å². The van der Waals surface area contributed by atoms with Crippen molar-refractivity contribution in [2.24, 2.45) is 5.18 Å². The smallest absolute Gasteiger partial charge is 0.196 e. The second-order valence-electron chi connectivity index (χ2n) is 1.54. The van der Waals surface area contributed by atoms with Crippen LogP contribution in [0.1, 0.15) is 0 Å². The van der Waals surface area contributed by atoms with Crippen LogP contribution in [0.15, 0.2) is 23.5 Å². The number of pyridine rings is 1. The van der Waals surface area contributed by atoms with E-state index in [1.807, 2.05) is 0 Å². The van der Waals surface area contributed by atoms with Gasteiger partial charge in [-0.3, -0.25) is 0 Å². The fourth-order valence-corrected chi connectivity index (χ4v) is 0.451. The van der Waals surface area contributed by atoms with Crippen molar-refractivity contribution in [2.75, 3.05) is 5.73 Å². The van der Waals surface area contributed by atoms with Gasteiger partial charge in [0.1, 0.15) is 0 Å². The van der Waals surface area contributed by atoms with Crippen LogP contribution in [0, 0.1) is 4.91 Å². The monoisotopic (exact) mass is 123 g/mol. The summed E-state index contributed by atoms with van der Waals surface area (Å²) in [6.07, 6.45) is 1.39. The van der Waals surface area contributed by atoms with E-state index in [4.69, 9.17) is 5.73 Å². The molecule has 1 aromatic rings. The maximum absolute atomic E-state index is 9.76. The predicted octanol–water partition coefficient (Wildman–Crippen LogP) is 1.06. The molecule has 0 amide bonds. The lowest BCUT2D eigenvalue weighted by Gasteiger charge is -1.87. The molecule has 0 atom stereocenters. The molecular weight excluding hydrogens is 118 g/mol. The van der Waals surface area contributed by atoms with E-state index in [9.17, 15) is 4.91 Å². The summed E-state index contributed by atoms with van der Waals surface area (Å²) in [6, 6.07) is 3.03. The van der Waals surface area contributed by atoms with Crippen molar-refractivity contribution in [2.45, 2.75) is 0 Å². The normalized spacial score (nSPS) is 8.89. The van der Waals surface area contributed by atoms with E-state index in [0.717, 1.165) is 0 Å². The molecule has 0 saturated heterocycles. The lowest BCUT2D eigenvalue weighted by atomic mass is 10.4. The molecule has 1 rings (SSSR count). The highest BCUT2D eigenvalue weighted by Crippen LogP contribution is 2.07. The molecule has 0 aromatic carbocycles. The maximum Gasteiger partial charge on any atom is 0.196 e. The van der Waals surface area contributed by atoms with Crippen LogP contribution in [0.25, 0.3) is 0 Å². The van der Waals surface area contributed by atoms with E-state index in [-0.39, 0.29) is 5.82 Å². The summed E-state index contributed by atoms with van der Waals surface area (Å²) in [5.41, 5.74) is 5.81. The Hall–Kier alpha value is -1.45. The minimum Gasteiger partial charge on any atom is -0.397 e. The number of hydrogen-bond donors (Lipinski definition) is 1. The van der Waals surface area contributed by atoms with Crippen molar-refractivity contribution in [3.05, 3.63) is 23.2 Å². The molecule has 0 aliphatic rings. The zero-order valence-corrected chi connectivity index (χ0v) is 4.61. The number of nitroso groups, excluding NO2 is 1. The highest BCUT2D eigenvalue weighted by Gasteiger charge is 1.88. The Labute approximate surface area is 51.7 Å². The van der Waals surface area contributed by atoms with Crippen molar-refractivity contribution in [1.82, 2.24) is 4.98 Å². The van der Waals surface area contributed by atoms with E-state index in [2.05, 4.69) is 10.2 Å². The third-order valence-electron chi connectivity index (χ3n) is 0.864. The molecule has 0 radical (unpaired) electrons. The van der Waals surface area contributed by atoms with Gasteiger partial charge >= 0.3 is 0 Å². The molecule has 46 valence electrons. The second-order valence-corrected chi connectivity index (χ2v) is 1.54. The molecule has 0 saturated carbocycles. The molecule has 2 N–H and O–H groups in total. The Balaban J connectivity index is 3.01. The molecule has 0 unspecified atom stereocenters. The van der Waals surface area contributed by atoms with Gasteiger partial charge in [0.15, 0.2) is 5.82 Å². The fourth-order valence-electron chi connectivity index (χ4n) is 0.451. The summed E-state index contributed by atoms with van der Waals surface area (Å²) < 4.78 is 0. The molecule has 4 heteroatoms. The lowest BCUT2D eigenvalue weighted by molar-refractivity contribution is 1.27. The Bertz CT molecular complexity index is 206. The van der Waals surface area contributed by atoms with Crippen LogP contribution in [-0.2, 0) is 0 Å². The quantitative estimate of drug-likeness (QED) is 0.567. The van der Waals surface area contributed by atoms with Crippen LogP contribution in [0.2, 0.25) is 0 Å². The number of hydrogen-bond acceptors (Lipinski definition) is 4. The van der Waals surface area contributed by atoms with E-state index >= 15 is 0 Å². The topological polar surface area (TPSA) is 68.3 Å². The number of nitrogen functional groups attached to an aromatic ring is 1. The number of aromatic nitrogens is 1. The van der Waals surface area contributed by atoms with Gasteiger partial charge in [-0.25, -0.2) is 4.98 Å². The summed E-state index contributed by atoms with van der Waals surface area (Å²) >= 11 is 0. The third kappa shape index (κ3) is 1.22. The molecule has 9 heavy (non-hydrogen) atoms. The molecular formula is C5H5N3O. The molecule has 0 spiro atoms.